The van der Waals surface area contributed by atoms with E-state index in [4.69, 9.17) is 4.74 Å². The Hall–Kier alpha value is -0.610. The summed E-state index contributed by atoms with van der Waals surface area (Å²) in [5.74, 6) is 0.642. The van der Waals surface area contributed by atoms with Crippen LogP contribution in [0.25, 0.3) is 0 Å². The number of carboxylic acid groups (broad SMARTS) is 1. The quantitative estimate of drug-likeness (QED) is 0.842. The Labute approximate surface area is 114 Å². The second kappa shape index (κ2) is 4.45. The van der Waals surface area contributed by atoms with Gasteiger partial charge in [0.1, 0.15) is 0 Å². The molecule has 3 aliphatic heterocycles. The molecule has 4 heteroatoms. The molecule has 0 radical (unpaired) electrons. The average Bonchev–Trinajstić information content (AvgIpc) is 3.07. The lowest BCUT2D eigenvalue weighted by molar-refractivity contribution is -0.145. The molecule has 19 heavy (non-hydrogen) atoms. The third-order valence-corrected chi connectivity index (χ3v) is 5.74. The SMILES string of the molecule is O=C(O)C1C(CN2CCCCCC2)C2OC1C1CC12. The van der Waals surface area contributed by atoms with E-state index in [-0.39, 0.29) is 24.0 Å². The van der Waals surface area contributed by atoms with Crippen LogP contribution >= 0.6 is 0 Å². The molecule has 0 spiro atoms. The van der Waals surface area contributed by atoms with E-state index in [1.54, 1.807) is 0 Å². The summed E-state index contributed by atoms with van der Waals surface area (Å²) in [5, 5.41) is 9.53. The number of hydrogen-bond acceptors (Lipinski definition) is 3. The van der Waals surface area contributed by atoms with Crippen molar-refractivity contribution in [2.75, 3.05) is 19.6 Å². The molecular formula is C15H23NO3. The van der Waals surface area contributed by atoms with Gasteiger partial charge in [0.25, 0.3) is 0 Å². The van der Waals surface area contributed by atoms with Crippen LogP contribution < -0.4 is 0 Å². The van der Waals surface area contributed by atoms with E-state index >= 15 is 0 Å². The Morgan fingerprint density at radius 2 is 1.79 bits per heavy atom. The Bertz CT molecular complexity index is 378. The maximum Gasteiger partial charge on any atom is 0.309 e. The zero-order valence-corrected chi connectivity index (χ0v) is 11.3. The molecule has 6 unspecified atom stereocenters. The minimum atomic E-state index is -0.627. The summed E-state index contributed by atoms with van der Waals surface area (Å²) in [7, 11) is 0. The highest BCUT2D eigenvalue weighted by molar-refractivity contribution is 5.72. The van der Waals surface area contributed by atoms with Crippen LogP contribution in [-0.2, 0) is 9.53 Å². The van der Waals surface area contributed by atoms with Crippen LogP contribution in [0.5, 0.6) is 0 Å². The number of fused-ring (bicyclic) bond motifs is 5. The number of carboxylic acids is 1. The van der Waals surface area contributed by atoms with E-state index in [9.17, 15) is 9.90 Å². The molecule has 0 aromatic heterocycles. The molecule has 4 rings (SSSR count). The second-order valence-corrected chi connectivity index (χ2v) is 6.87. The zero-order valence-electron chi connectivity index (χ0n) is 11.3. The number of carbonyl (C=O) groups is 1. The van der Waals surface area contributed by atoms with Crippen molar-refractivity contribution in [3.8, 4) is 0 Å². The van der Waals surface area contributed by atoms with Gasteiger partial charge < -0.3 is 14.7 Å². The van der Waals surface area contributed by atoms with Gasteiger partial charge in [-0.15, -0.1) is 0 Å². The maximum atomic E-state index is 11.6. The molecule has 1 aliphatic carbocycles. The predicted octanol–water partition coefficient (Wildman–Crippen LogP) is 1.60. The van der Waals surface area contributed by atoms with Gasteiger partial charge in [-0.05, 0) is 44.2 Å². The Balaban J connectivity index is 1.48. The Morgan fingerprint density at radius 3 is 2.47 bits per heavy atom. The van der Waals surface area contributed by atoms with E-state index in [0.29, 0.717) is 11.8 Å². The van der Waals surface area contributed by atoms with Gasteiger partial charge in [-0.25, -0.2) is 0 Å². The largest absolute Gasteiger partial charge is 0.481 e. The van der Waals surface area contributed by atoms with Crippen molar-refractivity contribution in [2.24, 2.45) is 23.7 Å². The summed E-state index contributed by atoms with van der Waals surface area (Å²) < 4.78 is 5.99. The molecule has 1 N–H and O–H groups in total. The van der Waals surface area contributed by atoms with Crippen LogP contribution in [0.1, 0.15) is 32.1 Å². The van der Waals surface area contributed by atoms with Crippen molar-refractivity contribution >= 4 is 5.97 Å². The van der Waals surface area contributed by atoms with Gasteiger partial charge in [0.15, 0.2) is 0 Å². The van der Waals surface area contributed by atoms with Gasteiger partial charge in [-0.1, -0.05) is 12.8 Å². The van der Waals surface area contributed by atoms with Crippen LogP contribution in [-0.4, -0.2) is 47.8 Å². The molecule has 106 valence electrons. The fourth-order valence-electron chi connectivity index (χ4n) is 4.75. The monoisotopic (exact) mass is 265 g/mol. The molecule has 0 aromatic carbocycles. The number of ether oxygens (including phenoxy) is 1. The lowest BCUT2D eigenvalue weighted by atomic mass is 9.79. The van der Waals surface area contributed by atoms with Gasteiger partial charge in [0, 0.05) is 12.5 Å². The topological polar surface area (TPSA) is 49.8 Å². The van der Waals surface area contributed by atoms with Crippen LogP contribution in [0.3, 0.4) is 0 Å². The molecule has 4 fully saturated rings. The first-order chi connectivity index (χ1) is 9.25. The fraction of sp³-hybridized carbons (Fsp3) is 0.933. The Kier molecular flexibility index (Phi) is 2.85. The van der Waals surface area contributed by atoms with Crippen LogP contribution in [0.15, 0.2) is 0 Å². The minimum absolute atomic E-state index is 0.0319. The first-order valence-electron chi connectivity index (χ1n) is 7.86. The molecule has 2 bridgehead atoms. The first kappa shape index (κ1) is 12.2. The average molecular weight is 265 g/mol. The second-order valence-electron chi connectivity index (χ2n) is 6.87. The minimum Gasteiger partial charge on any atom is -0.481 e. The van der Waals surface area contributed by atoms with Crippen LogP contribution in [0, 0.1) is 23.7 Å². The van der Waals surface area contributed by atoms with Gasteiger partial charge >= 0.3 is 5.97 Å². The highest BCUT2D eigenvalue weighted by Crippen LogP contribution is 2.62. The summed E-state index contributed by atoms with van der Waals surface area (Å²) in [6, 6.07) is 0. The normalized spacial score (nSPS) is 48.8. The van der Waals surface area contributed by atoms with Crippen molar-refractivity contribution in [2.45, 2.75) is 44.3 Å². The third kappa shape index (κ3) is 1.91. The molecule has 4 nitrogen and oxygen atoms in total. The van der Waals surface area contributed by atoms with Crippen LogP contribution in [0.2, 0.25) is 0 Å². The third-order valence-electron chi connectivity index (χ3n) is 5.74. The van der Waals surface area contributed by atoms with E-state index < -0.39 is 5.97 Å². The molecule has 1 saturated carbocycles. The summed E-state index contributed by atoms with van der Waals surface area (Å²) >= 11 is 0. The number of hydrogen-bond donors (Lipinski definition) is 1. The summed E-state index contributed by atoms with van der Waals surface area (Å²) in [6.07, 6.45) is 6.70. The summed E-state index contributed by atoms with van der Waals surface area (Å²) in [5.41, 5.74) is 0. The molecule has 6 atom stereocenters. The first-order valence-corrected chi connectivity index (χ1v) is 7.86. The predicted molar refractivity (Wildman–Crippen MR) is 69.8 cm³/mol. The molecular weight excluding hydrogens is 242 g/mol. The summed E-state index contributed by atoms with van der Waals surface area (Å²) in [6.45, 7) is 3.24. The summed E-state index contributed by atoms with van der Waals surface area (Å²) in [4.78, 5) is 14.1. The van der Waals surface area contributed by atoms with E-state index in [2.05, 4.69) is 4.90 Å². The van der Waals surface area contributed by atoms with Crippen molar-refractivity contribution < 1.29 is 14.6 Å². The zero-order chi connectivity index (χ0) is 13.0. The molecule has 3 saturated heterocycles. The molecule has 3 heterocycles. The maximum absolute atomic E-state index is 11.6. The van der Waals surface area contributed by atoms with Crippen LogP contribution in [0.4, 0.5) is 0 Å². The van der Waals surface area contributed by atoms with E-state index in [1.807, 2.05) is 0 Å². The fourth-order valence-corrected chi connectivity index (χ4v) is 4.75. The number of rotatable bonds is 3. The standard InChI is InChI=1S/C15H23NO3/c17-15(18)12-11(8-16-5-3-1-2-4-6-16)13-9-7-10(9)14(12)19-13/h9-14H,1-8H2,(H,17,18). The number of aliphatic carboxylic acids is 1. The van der Waals surface area contributed by atoms with Crippen molar-refractivity contribution in [3.05, 3.63) is 0 Å². The Morgan fingerprint density at radius 1 is 1.11 bits per heavy atom. The van der Waals surface area contributed by atoms with E-state index in [0.717, 1.165) is 19.6 Å². The smallest absolute Gasteiger partial charge is 0.309 e. The lowest BCUT2D eigenvalue weighted by Gasteiger charge is -2.30. The van der Waals surface area contributed by atoms with E-state index in [1.165, 1.54) is 32.1 Å². The van der Waals surface area contributed by atoms with Gasteiger partial charge in [-0.3, -0.25) is 4.79 Å². The van der Waals surface area contributed by atoms with Gasteiger partial charge in [0.05, 0.1) is 18.1 Å². The number of nitrogens with zero attached hydrogens (tertiary/aromatic N) is 1. The number of likely N-dealkylation sites (tertiary alicyclic amines) is 1. The molecule has 0 aromatic rings. The van der Waals surface area contributed by atoms with Crippen molar-refractivity contribution in [1.82, 2.24) is 4.90 Å². The highest BCUT2D eigenvalue weighted by Gasteiger charge is 2.68. The van der Waals surface area contributed by atoms with Gasteiger partial charge in [0.2, 0.25) is 0 Å². The van der Waals surface area contributed by atoms with Gasteiger partial charge in [-0.2, -0.15) is 0 Å². The van der Waals surface area contributed by atoms with Crippen molar-refractivity contribution in [3.63, 3.8) is 0 Å². The van der Waals surface area contributed by atoms with Crippen molar-refractivity contribution in [1.29, 1.82) is 0 Å². The molecule has 0 amide bonds. The lowest BCUT2D eigenvalue weighted by Crippen LogP contribution is -2.42. The highest BCUT2D eigenvalue weighted by atomic mass is 16.5. The molecule has 4 aliphatic rings.